The van der Waals surface area contributed by atoms with Gasteiger partial charge in [-0.2, -0.15) is 5.26 Å². The summed E-state index contributed by atoms with van der Waals surface area (Å²) in [4.78, 5) is 6.58. The number of hydrogen-bond acceptors (Lipinski definition) is 6. The van der Waals surface area contributed by atoms with Crippen LogP contribution in [0.15, 0.2) is 17.1 Å². The van der Waals surface area contributed by atoms with Crippen molar-refractivity contribution in [3.05, 3.63) is 17.7 Å². The summed E-state index contributed by atoms with van der Waals surface area (Å²) in [6, 6.07) is 5.72. The lowest BCUT2D eigenvalue weighted by Gasteiger charge is -2.24. The molecular weight excluding hydrogens is 382 g/mol. The van der Waals surface area contributed by atoms with Crippen LogP contribution in [-0.2, 0) is 9.47 Å². The van der Waals surface area contributed by atoms with Crippen LogP contribution in [0.25, 0.3) is 0 Å². The van der Waals surface area contributed by atoms with Gasteiger partial charge in [-0.15, -0.1) is 0 Å². The summed E-state index contributed by atoms with van der Waals surface area (Å²) in [6.45, 7) is 5.45. The molecule has 2 fully saturated rings. The van der Waals surface area contributed by atoms with Crippen molar-refractivity contribution in [2.24, 2.45) is 10.9 Å². The molecule has 0 saturated carbocycles. The minimum atomic E-state index is 0.481. The second-order valence-corrected chi connectivity index (χ2v) is 7.78. The number of benzene rings is 1. The molecule has 0 aromatic heterocycles. The third kappa shape index (κ3) is 6.89. The standard InChI is InChI=1S/C23H33N3O4/c1-27-22-16-21(25-18-26-8-13-29-14-9-26)20(17-24)15-23(22)30-10-4-2-3-5-19-6-11-28-12-7-19/h15-16,18-19H,2-14H2,1H3. The highest BCUT2D eigenvalue weighted by Crippen LogP contribution is 2.35. The number of rotatable bonds is 10. The molecular formula is C23H33N3O4. The molecule has 30 heavy (non-hydrogen) atoms. The van der Waals surface area contributed by atoms with Crippen molar-refractivity contribution in [3.8, 4) is 17.6 Å². The first kappa shape index (κ1) is 22.4. The van der Waals surface area contributed by atoms with Crippen LogP contribution in [0.1, 0.15) is 44.1 Å². The summed E-state index contributed by atoms with van der Waals surface area (Å²) in [7, 11) is 1.61. The fourth-order valence-electron chi connectivity index (χ4n) is 3.78. The lowest BCUT2D eigenvalue weighted by Crippen LogP contribution is -2.35. The molecule has 0 bridgehead atoms. The fourth-order valence-corrected chi connectivity index (χ4v) is 3.78. The van der Waals surface area contributed by atoms with Crippen molar-refractivity contribution in [1.82, 2.24) is 4.90 Å². The van der Waals surface area contributed by atoms with E-state index in [4.69, 9.17) is 18.9 Å². The van der Waals surface area contributed by atoms with E-state index in [0.29, 0.717) is 42.6 Å². The average molecular weight is 416 g/mol. The van der Waals surface area contributed by atoms with E-state index in [-0.39, 0.29) is 0 Å². The Hall–Kier alpha value is -2.30. The minimum Gasteiger partial charge on any atom is -0.493 e. The van der Waals surface area contributed by atoms with Crippen LogP contribution in [0, 0.1) is 17.2 Å². The molecule has 1 aromatic carbocycles. The number of morpholine rings is 1. The Morgan fingerprint density at radius 2 is 1.87 bits per heavy atom. The van der Waals surface area contributed by atoms with Gasteiger partial charge in [-0.1, -0.05) is 19.3 Å². The van der Waals surface area contributed by atoms with E-state index >= 15 is 0 Å². The lowest BCUT2D eigenvalue weighted by molar-refractivity contribution is 0.0630. The van der Waals surface area contributed by atoms with Crippen LogP contribution in [-0.4, -0.2) is 64.5 Å². The summed E-state index contributed by atoms with van der Waals surface area (Å²) < 4.78 is 22.2. The quantitative estimate of drug-likeness (QED) is 0.327. The molecule has 2 saturated heterocycles. The smallest absolute Gasteiger partial charge is 0.162 e. The van der Waals surface area contributed by atoms with Crippen LogP contribution in [0.5, 0.6) is 11.5 Å². The summed E-state index contributed by atoms with van der Waals surface area (Å²) >= 11 is 0. The summed E-state index contributed by atoms with van der Waals surface area (Å²) in [6.07, 6.45) is 8.82. The summed E-state index contributed by atoms with van der Waals surface area (Å²) in [5.41, 5.74) is 1.07. The van der Waals surface area contributed by atoms with Crippen molar-refractivity contribution in [2.75, 3.05) is 53.2 Å². The molecule has 1 aromatic rings. The zero-order valence-corrected chi connectivity index (χ0v) is 18.0. The van der Waals surface area contributed by atoms with Crippen molar-refractivity contribution >= 4 is 12.0 Å². The number of ether oxygens (including phenoxy) is 4. The molecule has 7 heteroatoms. The second kappa shape index (κ2) is 12.4. The molecule has 2 aliphatic heterocycles. The Kier molecular flexibility index (Phi) is 9.26. The van der Waals surface area contributed by atoms with E-state index in [1.807, 2.05) is 0 Å². The highest BCUT2D eigenvalue weighted by Gasteiger charge is 2.14. The third-order valence-electron chi connectivity index (χ3n) is 5.66. The van der Waals surface area contributed by atoms with Gasteiger partial charge in [0.15, 0.2) is 11.5 Å². The van der Waals surface area contributed by atoms with E-state index in [2.05, 4.69) is 16.0 Å². The van der Waals surface area contributed by atoms with Crippen LogP contribution < -0.4 is 9.47 Å². The Balaban J connectivity index is 1.49. The number of methoxy groups -OCH3 is 1. The first-order valence-corrected chi connectivity index (χ1v) is 11.0. The molecule has 0 amide bonds. The normalized spacial score (nSPS) is 17.8. The van der Waals surface area contributed by atoms with Gasteiger partial charge in [-0.3, -0.25) is 0 Å². The van der Waals surface area contributed by atoms with Crippen LogP contribution in [0.4, 0.5) is 5.69 Å². The van der Waals surface area contributed by atoms with E-state index < -0.39 is 0 Å². The van der Waals surface area contributed by atoms with E-state index in [1.54, 1.807) is 25.6 Å². The van der Waals surface area contributed by atoms with Gasteiger partial charge in [-0.25, -0.2) is 4.99 Å². The highest BCUT2D eigenvalue weighted by molar-refractivity contribution is 5.68. The van der Waals surface area contributed by atoms with Crippen LogP contribution in [0.2, 0.25) is 0 Å². The minimum absolute atomic E-state index is 0.481. The topological polar surface area (TPSA) is 76.3 Å². The van der Waals surface area contributed by atoms with Gasteiger partial charge in [0.2, 0.25) is 0 Å². The number of hydrogen-bond donors (Lipinski definition) is 0. The molecule has 0 N–H and O–H groups in total. The fraction of sp³-hybridized carbons (Fsp3) is 0.652. The maximum absolute atomic E-state index is 9.55. The number of nitrogens with zero attached hydrogens (tertiary/aromatic N) is 3. The zero-order chi connectivity index (χ0) is 21.0. The van der Waals surface area contributed by atoms with Crippen molar-refractivity contribution in [2.45, 2.75) is 38.5 Å². The first-order valence-electron chi connectivity index (χ1n) is 11.0. The van der Waals surface area contributed by atoms with Crippen molar-refractivity contribution < 1.29 is 18.9 Å². The zero-order valence-electron chi connectivity index (χ0n) is 18.0. The molecule has 7 nitrogen and oxygen atoms in total. The molecule has 0 aliphatic carbocycles. The Labute approximate surface area is 179 Å². The van der Waals surface area contributed by atoms with Gasteiger partial charge in [-0.05, 0) is 25.2 Å². The van der Waals surface area contributed by atoms with Gasteiger partial charge < -0.3 is 23.8 Å². The number of unbranched alkanes of at least 4 members (excludes halogenated alkanes) is 2. The highest BCUT2D eigenvalue weighted by atomic mass is 16.5. The summed E-state index contributed by atoms with van der Waals surface area (Å²) in [5, 5.41) is 9.55. The molecule has 164 valence electrons. The third-order valence-corrected chi connectivity index (χ3v) is 5.66. The summed E-state index contributed by atoms with van der Waals surface area (Å²) in [5.74, 6) is 2.03. The van der Waals surface area contributed by atoms with Crippen LogP contribution in [0.3, 0.4) is 0 Å². The number of aliphatic imine (C=N–C) groups is 1. The molecule has 3 rings (SSSR count). The van der Waals surface area contributed by atoms with Crippen molar-refractivity contribution in [3.63, 3.8) is 0 Å². The monoisotopic (exact) mass is 415 g/mol. The lowest BCUT2D eigenvalue weighted by atomic mass is 9.94. The Morgan fingerprint density at radius 3 is 2.60 bits per heavy atom. The van der Waals surface area contributed by atoms with Gasteiger partial charge in [0, 0.05) is 38.4 Å². The van der Waals surface area contributed by atoms with Crippen LogP contribution >= 0.6 is 0 Å². The average Bonchev–Trinajstić information content (AvgIpc) is 2.81. The van der Waals surface area contributed by atoms with Gasteiger partial charge in [0.1, 0.15) is 6.07 Å². The van der Waals surface area contributed by atoms with Gasteiger partial charge in [0.05, 0.1) is 44.5 Å². The molecule has 0 radical (unpaired) electrons. The Morgan fingerprint density at radius 1 is 1.10 bits per heavy atom. The van der Waals surface area contributed by atoms with E-state index in [1.165, 1.54) is 25.7 Å². The van der Waals surface area contributed by atoms with Crippen molar-refractivity contribution in [1.29, 1.82) is 5.26 Å². The molecule has 0 atom stereocenters. The van der Waals surface area contributed by atoms with E-state index in [0.717, 1.165) is 45.1 Å². The number of nitriles is 1. The maximum atomic E-state index is 9.55. The predicted molar refractivity (Wildman–Crippen MR) is 116 cm³/mol. The first-order chi connectivity index (χ1) is 14.8. The van der Waals surface area contributed by atoms with Gasteiger partial charge in [0.25, 0.3) is 0 Å². The molecule has 2 heterocycles. The Bertz CT molecular complexity index is 720. The van der Waals surface area contributed by atoms with Gasteiger partial charge >= 0.3 is 0 Å². The second-order valence-electron chi connectivity index (χ2n) is 7.78. The predicted octanol–water partition coefficient (Wildman–Crippen LogP) is 3.92. The van der Waals surface area contributed by atoms with E-state index in [9.17, 15) is 5.26 Å². The SMILES string of the molecule is COc1cc(N=CN2CCOCC2)c(C#N)cc1OCCCCCC1CCOCC1. The maximum Gasteiger partial charge on any atom is 0.162 e. The largest absolute Gasteiger partial charge is 0.493 e. The molecule has 2 aliphatic rings. The molecule has 0 spiro atoms. The molecule has 0 unspecified atom stereocenters.